The molecule has 0 saturated carbocycles. The van der Waals surface area contributed by atoms with Gasteiger partial charge >= 0.3 is 0 Å². The van der Waals surface area contributed by atoms with Gasteiger partial charge in [-0.1, -0.05) is 102 Å². The second kappa shape index (κ2) is 15.6. The SMILES string of the molecule is CCC(C)NC(=O)C(Cc1ccccc1)N(Cc1c(Cl)cccc1Cl)C(=O)CN(c1ccccc1C)S(=O)(=O)c1ccc(C)cc1. The molecule has 46 heavy (non-hydrogen) atoms. The lowest BCUT2D eigenvalue weighted by Gasteiger charge is -2.35. The minimum absolute atomic E-state index is 0.0465. The van der Waals surface area contributed by atoms with Crippen molar-refractivity contribution in [3.63, 3.8) is 0 Å². The fourth-order valence-electron chi connectivity index (χ4n) is 5.04. The molecule has 0 aliphatic rings. The van der Waals surface area contributed by atoms with E-state index in [1.165, 1.54) is 17.0 Å². The lowest BCUT2D eigenvalue weighted by molar-refractivity contribution is -0.140. The number of nitrogens with one attached hydrogen (secondary N) is 1. The minimum Gasteiger partial charge on any atom is -0.352 e. The van der Waals surface area contributed by atoms with Gasteiger partial charge in [-0.25, -0.2) is 8.42 Å². The molecule has 1 N–H and O–H groups in total. The molecule has 2 unspecified atom stereocenters. The molecule has 0 heterocycles. The van der Waals surface area contributed by atoms with E-state index in [2.05, 4.69) is 5.32 Å². The monoisotopic (exact) mass is 679 g/mol. The topological polar surface area (TPSA) is 86.8 Å². The van der Waals surface area contributed by atoms with Crippen LogP contribution < -0.4 is 9.62 Å². The third-order valence-electron chi connectivity index (χ3n) is 7.93. The second-order valence-corrected chi connectivity index (χ2v) is 14.0. The maximum atomic E-state index is 14.6. The van der Waals surface area contributed by atoms with Gasteiger partial charge in [0.2, 0.25) is 11.8 Å². The summed E-state index contributed by atoms with van der Waals surface area (Å²) < 4.78 is 29.6. The first-order valence-electron chi connectivity index (χ1n) is 15.1. The normalized spacial score (nSPS) is 12.7. The van der Waals surface area contributed by atoms with Crippen molar-refractivity contribution in [2.45, 2.75) is 64.1 Å². The summed E-state index contributed by atoms with van der Waals surface area (Å²) in [5, 5.41) is 3.68. The summed E-state index contributed by atoms with van der Waals surface area (Å²) in [4.78, 5) is 30.1. The Hall–Kier alpha value is -3.85. The maximum absolute atomic E-state index is 14.6. The van der Waals surface area contributed by atoms with Crippen LogP contribution in [0.2, 0.25) is 10.0 Å². The van der Waals surface area contributed by atoms with Crippen molar-refractivity contribution in [3.05, 3.63) is 129 Å². The van der Waals surface area contributed by atoms with Crippen LogP contribution in [-0.4, -0.2) is 43.8 Å². The van der Waals surface area contributed by atoms with Crippen LogP contribution in [0.4, 0.5) is 5.69 Å². The third kappa shape index (κ3) is 8.49. The average Bonchev–Trinajstić information content (AvgIpc) is 3.03. The minimum atomic E-state index is -4.21. The predicted molar refractivity (Wildman–Crippen MR) is 186 cm³/mol. The van der Waals surface area contributed by atoms with Crippen molar-refractivity contribution in [1.29, 1.82) is 0 Å². The van der Waals surface area contributed by atoms with Gasteiger partial charge in [0.1, 0.15) is 12.6 Å². The summed E-state index contributed by atoms with van der Waals surface area (Å²) in [6, 6.07) is 26.7. The molecule has 10 heteroatoms. The first kappa shape index (κ1) is 35.0. The van der Waals surface area contributed by atoms with E-state index in [4.69, 9.17) is 23.2 Å². The van der Waals surface area contributed by atoms with Crippen LogP contribution in [0.15, 0.2) is 102 Å². The van der Waals surface area contributed by atoms with Crippen LogP contribution in [0.25, 0.3) is 0 Å². The molecule has 4 aromatic carbocycles. The summed E-state index contributed by atoms with van der Waals surface area (Å²) >= 11 is 13.2. The number of benzene rings is 4. The van der Waals surface area contributed by atoms with Crippen molar-refractivity contribution in [2.24, 2.45) is 0 Å². The van der Waals surface area contributed by atoms with E-state index in [0.29, 0.717) is 33.3 Å². The van der Waals surface area contributed by atoms with E-state index in [-0.39, 0.29) is 29.8 Å². The number of anilines is 1. The van der Waals surface area contributed by atoms with Gasteiger partial charge in [0.15, 0.2) is 0 Å². The third-order valence-corrected chi connectivity index (χ3v) is 10.4. The van der Waals surface area contributed by atoms with E-state index in [0.717, 1.165) is 15.4 Å². The first-order valence-corrected chi connectivity index (χ1v) is 17.3. The number of hydrogen-bond acceptors (Lipinski definition) is 4. The van der Waals surface area contributed by atoms with Gasteiger partial charge in [-0.15, -0.1) is 0 Å². The number of hydrogen-bond donors (Lipinski definition) is 1. The summed E-state index contributed by atoms with van der Waals surface area (Å²) in [7, 11) is -4.21. The average molecular weight is 681 g/mol. The van der Waals surface area contributed by atoms with Gasteiger partial charge in [-0.3, -0.25) is 13.9 Å². The Balaban J connectivity index is 1.85. The molecule has 0 aromatic heterocycles. The standard InChI is InChI=1S/C36H39Cl2N3O4S/c1-5-27(4)39-36(43)34(22-28-13-7-6-8-14-28)40(23-30-31(37)15-11-16-32(30)38)35(42)24-41(33-17-10-9-12-26(33)3)46(44,45)29-20-18-25(2)19-21-29/h6-21,27,34H,5,22-24H2,1-4H3,(H,39,43). The fraction of sp³-hybridized carbons (Fsp3) is 0.278. The molecule has 0 saturated heterocycles. The van der Waals surface area contributed by atoms with Crippen LogP contribution >= 0.6 is 23.2 Å². The van der Waals surface area contributed by atoms with Gasteiger partial charge < -0.3 is 10.2 Å². The van der Waals surface area contributed by atoms with Crippen molar-refractivity contribution >= 4 is 50.7 Å². The van der Waals surface area contributed by atoms with Gasteiger partial charge in [0.05, 0.1) is 10.6 Å². The summed E-state index contributed by atoms with van der Waals surface area (Å²) in [5.74, 6) is -0.950. The Labute approximate surface area is 282 Å². The number of nitrogens with zero attached hydrogens (tertiary/aromatic N) is 2. The molecule has 4 aromatic rings. The quantitative estimate of drug-likeness (QED) is 0.160. The zero-order chi connectivity index (χ0) is 33.4. The van der Waals surface area contributed by atoms with Crippen LogP contribution in [-0.2, 0) is 32.6 Å². The number of para-hydroxylation sites is 1. The van der Waals surface area contributed by atoms with E-state index in [1.807, 2.05) is 51.1 Å². The Morgan fingerprint density at radius 2 is 1.43 bits per heavy atom. The zero-order valence-electron chi connectivity index (χ0n) is 26.4. The maximum Gasteiger partial charge on any atom is 0.264 e. The fourth-order valence-corrected chi connectivity index (χ4v) is 7.04. The van der Waals surface area contributed by atoms with E-state index in [9.17, 15) is 18.0 Å². The van der Waals surface area contributed by atoms with E-state index < -0.39 is 28.5 Å². The van der Waals surface area contributed by atoms with Gasteiger partial charge in [-0.2, -0.15) is 0 Å². The van der Waals surface area contributed by atoms with Crippen molar-refractivity contribution in [3.8, 4) is 0 Å². The number of carbonyl (C=O) groups is 2. The number of carbonyl (C=O) groups excluding carboxylic acids is 2. The lowest BCUT2D eigenvalue weighted by atomic mass is 10.0. The van der Waals surface area contributed by atoms with Crippen molar-refractivity contribution in [2.75, 3.05) is 10.8 Å². The molecule has 2 amide bonds. The summed E-state index contributed by atoms with van der Waals surface area (Å²) in [5.41, 5.74) is 3.21. The molecule has 2 atom stereocenters. The largest absolute Gasteiger partial charge is 0.352 e. The number of aryl methyl sites for hydroxylation is 2. The van der Waals surface area contributed by atoms with Gasteiger partial charge in [0, 0.05) is 34.6 Å². The molecule has 7 nitrogen and oxygen atoms in total. The number of sulfonamides is 1. The number of rotatable bonds is 13. The summed E-state index contributed by atoms with van der Waals surface area (Å²) in [6.45, 7) is 6.83. The molecule has 242 valence electrons. The highest BCUT2D eigenvalue weighted by Crippen LogP contribution is 2.30. The van der Waals surface area contributed by atoms with Crippen LogP contribution in [0.5, 0.6) is 0 Å². The summed E-state index contributed by atoms with van der Waals surface area (Å²) in [6.07, 6.45) is 0.871. The second-order valence-electron chi connectivity index (χ2n) is 11.4. The lowest BCUT2D eigenvalue weighted by Crippen LogP contribution is -2.54. The Kier molecular flexibility index (Phi) is 11.9. The molecule has 0 aliphatic carbocycles. The molecule has 0 aliphatic heterocycles. The highest BCUT2D eigenvalue weighted by molar-refractivity contribution is 7.92. The highest BCUT2D eigenvalue weighted by Gasteiger charge is 2.36. The van der Waals surface area contributed by atoms with Crippen molar-refractivity contribution in [1.82, 2.24) is 10.2 Å². The molecule has 4 rings (SSSR count). The smallest absolute Gasteiger partial charge is 0.264 e. The van der Waals surface area contributed by atoms with E-state index in [1.54, 1.807) is 61.5 Å². The Bertz CT molecular complexity index is 1750. The number of halogens is 2. The van der Waals surface area contributed by atoms with Gasteiger partial charge in [-0.05, 0) is 68.7 Å². The zero-order valence-corrected chi connectivity index (χ0v) is 28.7. The highest BCUT2D eigenvalue weighted by atomic mass is 35.5. The van der Waals surface area contributed by atoms with Gasteiger partial charge in [0.25, 0.3) is 10.0 Å². The van der Waals surface area contributed by atoms with E-state index >= 15 is 0 Å². The first-order chi connectivity index (χ1) is 21.9. The number of amides is 2. The Morgan fingerprint density at radius 1 is 0.826 bits per heavy atom. The molecular weight excluding hydrogens is 641 g/mol. The molecule has 0 bridgehead atoms. The Morgan fingerprint density at radius 3 is 2.04 bits per heavy atom. The predicted octanol–water partition coefficient (Wildman–Crippen LogP) is 7.36. The van der Waals surface area contributed by atoms with Crippen LogP contribution in [0, 0.1) is 13.8 Å². The molecule has 0 radical (unpaired) electrons. The van der Waals surface area contributed by atoms with Crippen LogP contribution in [0.3, 0.4) is 0 Å². The molecular formula is C36H39Cl2N3O4S. The molecule has 0 fully saturated rings. The van der Waals surface area contributed by atoms with Crippen molar-refractivity contribution < 1.29 is 18.0 Å². The molecule has 0 spiro atoms. The van der Waals surface area contributed by atoms with Crippen LogP contribution in [0.1, 0.15) is 42.5 Å².